The molecule has 4 nitrogen and oxygen atoms in total. The molecule has 0 radical (unpaired) electrons. The van der Waals surface area contributed by atoms with Crippen LogP contribution in [0.3, 0.4) is 0 Å². The zero-order chi connectivity index (χ0) is 13.1. The summed E-state index contributed by atoms with van der Waals surface area (Å²) in [5.74, 6) is 1.30. The Kier molecular flexibility index (Phi) is 3.90. The largest absolute Gasteiger partial charge is 0.481 e. The van der Waals surface area contributed by atoms with Gasteiger partial charge in [0.05, 0.1) is 18.4 Å². The van der Waals surface area contributed by atoms with Crippen molar-refractivity contribution >= 4 is 11.9 Å². The summed E-state index contributed by atoms with van der Waals surface area (Å²) in [6.45, 7) is 1.00. The number of amides is 1. The Morgan fingerprint density at radius 2 is 1.89 bits per heavy atom. The first kappa shape index (κ1) is 12.9. The van der Waals surface area contributed by atoms with Crippen molar-refractivity contribution in [2.45, 2.75) is 32.1 Å². The molecule has 0 saturated heterocycles. The lowest BCUT2D eigenvalue weighted by Gasteiger charge is -2.25. The van der Waals surface area contributed by atoms with Crippen molar-refractivity contribution < 1.29 is 14.7 Å². The average molecular weight is 249 g/mol. The minimum Gasteiger partial charge on any atom is -0.481 e. The summed E-state index contributed by atoms with van der Waals surface area (Å²) in [7, 11) is 0. The minimum atomic E-state index is -0.849. The Balaban J connectivity index is 2.02. The summed E-state index contributed by atoms with van der Waals surface area (Å²) in [5.41, 5.74) is 0. The van der Waals surface area contributed by atoms with Gasteiger partial charge in [-0.3, -0.25) is 9.59 Å². The second kappa shape index (κ2) is 5.43. The van der Waals surface area contributed by atoms with E-state index in [-0.39, 0.29) is 11.8 Å². The lowest BCUT2D eigenvalue weighted by Crippen LogP contribution is -2.40. The summed E-state index contributed by atoms with van der Waals surface area (Å²) in [4.78, 5) is 25.2. The third-order valence-electron chi connectivity index (χ3n) is 3.92. The summed E-state index contributed by atoms with van der Waals surface area (Å²) in [5, 5.41) is 9.13. The molecule has 0 aromatic heterocycles. The van der Waals surface area contributed by atoms with Gasteiger partial charge in [-0.05, 0) is 31.6 Å². The van der Waals surface area contributed by atoms with Crippen molar-refractivity contribution in [2.24, 2.45) is 17.8 Å². The Morgan fingerprint density at radius 1 is 1.22 bits per heavy atom. The zero-order valence-electron chi connectivity index (χ0n) is 10.5. The van der Waals surface area contributed by atoms with Crippen molar-refractivity contribution in [3.8, 4) is 12.3 Å². The molecule has 2 aliphatic carbocycles. The molecule has 18 heavy (non-hydrogen) atoms. The lowest BCUT2D eigenvalue weighted by atomic mass is 9.94. The topological polar surface area (TPSA) is 57.6 Å². The Bertz CT molecular complexity index is 381. The van der Waals surface area contributed by atoms with E-state index in [4.69, 9.17) is 11.5 Å². The van der Waals surface area contributed by atoms with E-state index >= 15 is 0 Å². The molecular formula is C14H19NO3. The monoisotopic (exact) mass is 249 g/mol. The van der Waals surface area contributed by atoms with E-state index in [1.165, 1.54) is 0 Å². The molecule has 0 heterocycles. The van der Waals surface area contributed by atoms with Gasteiger partial charge < -0.3 is 10.0 Å². The van der Waals surface area contributed by atoms with Crippen LogP contribution in [0, 0.1) is 30.1 Å². The van der Waals surface area contributed by atoms with Crippen LogP contribution in [0.4, 0.5) is 0 Å². The van der Waals surface area contributed by atoms with Gasteiger partial charge in [0.25, 0.3) is 0 Å². The van der Waals surface area contributed by atoms with Crippen LogP contribution in [0.1, 0.15) is 32.1 Å². The molecule has 0 bridgehead atoms. The summed E-state index contributed by atoms with van der Waals surface area (Å²) in [6, 6.07) is 0. The third-order valence-corrected chi connectivity index (χ3v) is 3.92. The number of terminal acetylenes is 1. The first-order valence-corrected chi connectivity index (χ1v) is 6.58. The number of carboxylic acid groups (broad SMARTS) is 1. The standard InChI is InChI=1S/C14H19NO3/c1-2-8-15(9-10-6-7-10)13(16)11-4-3-5-12(11)14(17)18/h1,10-12H,3-9H2,(H,17,18). The molecule has 1 amide bonds. The molecule has 2 unspecified atom stereocenters. The second-order valence-electron chi connectivity index (χ2n) is 5.35. The van der Waals surface area contributed by atoms with E-state index < -0.39 is 11.9 Å². The molecular weight excluding hydrogens is 230 g/mol. The maximum absolute atomic E-state index is 12.4. The van der Waals surface area contributed by atoms with Crippen LogP contribution in [0.5, 0.6) is 0 Å². The molecule has 0 spiro atoms. The van der Waals surface area contributed by atoms with Gasteiger partial charge in [0.1, 0.15) is 0 Å². The van der Waals surface area contributed by atoms with E-state index in [0.29, 0.717) is 31.8 Å². The highest BCUT2D eigenvalue weighted by Gasteiger charge is 2.40. The quantitative estimate of drug-likeness (QED) is 0.748. The number of nitrogens with zero attached hydrogens (tertiary/aromatic N) is 1. The number of carbonyl (C=O) groups excluding carboxylic acids is 1. The molecule has 0 aromatic rings. The lowest BCUT2D eigenvalue weighted by molar-refractivity contribution is -0.149. The number of carboxylic acids is 1. The van der Waals surface area contributed by atoms with E-state index in [1.807, 2.05) is 0 Å². The molecule has 2 saturated carbocycles. The van der Waals surface area contributed by atoms with Crippen molar-refractivity contribution in [1.82, 2.24) is 4.90 Å². The third kappa shape index (κ3) is 2.84. The molecule has 2 rings (SSSR count). The highest BCUT2D eigenvalue weighted by atomic mass is 16.4. The van der Waals surface area contributed by atoms with Gasteiger partial charge in [0, 0.05) is 6.54 Å². The Hall–Kier alpha value is -1.50. The van der Waals surface area contributed by atoms with E-state index in [2.05, 4.69) is 5.92 Å². The van der Waals surface area contributed by atoms with Gasteiger partial charge in [0.15, 0.2) is 0 Å². The van der Waals surface area contributed by atoms with E-state index in [9.17, 15) is 9.59 Å². The van der Waals surface area contributed by atoms with E-state index in [0.717, 1.165) is 19.3 Å². The first-order chi connectivity index (χ1) is 8.63. The van der Waals surface area contributed by atoms with Crippen molar-refractivity contribution in [3.05, 3.63) is 0 Å². The summed E-state index contributed by atoms with van der Waals surface area (Å²) >= 11 is 0. The highest BCUT2D eigenvalue weighted by Crippen LogP contribution is 2.35. The van der Waals surface area contributed by atoms with Crippen LogP contribution in [-0.2, 0) is 9.59 Å². The number of rotatable bonds is 5. The van der Waals surface area contributed by atoms with Crippen LogP contribution in [0.25, 0.3) is 0 Å². The van der Waals surface area contributed by atoms with Crippen LogP contribution >= 0.6 is 0 Å². The predicted octanol–water partition coefficient (Wildman–Crippen LogP) is 1.36. The molecule has 98 valence electrons. The molecule has 1 N–H and O–H groups in total. The molecule has 0 aliphatic heterocycles. The van der Waals surface area contributed by atoms with Crippen LogP contribution < -0.4 is 0 Å². The summed E-state index contributed by atoms with van der Waals surface area (Å²) < 4.78 is 0. The normalized spacial score (nSPS) is 26.6. The summed E-state index contributed by atoms with van der Waals surface area (Å²) in [6.07, 6.45) is 9.72. The molecule has 0 aromatic carbocycles. The van der Waals surface area contributed by atoms with Crippen molar-refractivity contribution in [1.29, 1.82) is 0 Å². The van der Waals surface area contributed by atoms with Gasteiger partial charge in [-0.25, -0.2) is 0 Å². The fourth-order valence-electron chi connectivity index (χ4n) is 2.74. The average Bonchev–Trinajstić information content (AvgIpc) is 3.01. The SMILES string of the molecule is C#CCN(CC1CC1)C(=O)C1CCCC1C(=O)O. The van der Waals surface area contributed by atoms with Crippen LogP contribution in [0.15, 0.2) is 0 Å². The van der Waals surface area contributed by atoms with Gasteiger partial charge >= 0.3 is 5.97 Å². The van der Waals surface area contributed by atoms with E-state index in [1.54, 1.807) is 4.90 Å². The molecule has 2 aliphatic rings. The number of hydrogen-bond donors (Lipinski definition) is 1. The molecule has 2 atom stereocenters. The predicted molar refractivity (Wildman–Crippen MR) is 66.6 cm³/mol. The smallest absolute Gasteiger partial charge is 0.307 e. The maximum atomic E-state index is 12.4. The highest BCUT2D eigenvalue weighted by molar-refractivity contribution is 5.85. The number of aliphatic carboxylic acids is 1. The number of hydrogen-bond acceptors (Lipinski definition) is 2. The maximum Gasteiger partial charge on any atom is 0.307 e. The van der Waals surface area contributed by atoms with Gasteiger partial charge in [-0.1, -0.05) is 12.3 Å². The van der Waals surface area contributed by atoms with Crippen molar-refractivity contribution in [3.63, 3.8) is 0 Å². The first-order valence-electron chi connectivity index (χ1n) is 6.58. The van der Waals surface area contributed by atoms with Gasteiger partial charge in [-0.15, -0.1) is 6.42 Å². The zero-order valence-corrected chi connectivity index (χ0v) is 10.5. The van der Waals surface area contributed by atoms with Crippen LogP contribution in [0.2, 0.25) is 0 Å². The van der Waals surface area contributed by atoms with Gasteiger partial charge in [-0.2, -0.15) is 0 Å². The van der Waals surface area contributed by atoms with Crippen LogP contribution in [-0.4, -0.2) is 35.0 Å². The fraction of sp³-hybridized carbons (Fsp3) is 0.714. The van der Waals surface area contributed by atoms with Crippen molar-refractivity contribution in [2.75, 3.05) is 13.1 Å². The fourth-order valence-corrected chi connectivity index (χ4v) is 2.74. The van der Waals surface area contributed by atoms with Gasteiger partial charge in [0.2, 0.25) is 5.91 Å². The second-order valence-corrected chi connectivity index (χ2v) is 5.35. The number of carbonyl (C=O) groups is 2. The molecule has 2 fully saturated rings. The Morgan fingerprint density at radius 3 is 2.44 bits per heavy atom. The Labute approximate surface area is 107 Å². The minimum absolute atomic E-state index is 0.0512. The molecule has 4 heteroatoms.